The van der Waals surface area contributed by atoms with E-state index in [9.17, 15) is 8.78 Å². The normalized spacial score (nSPS) is 12.3. The Kier molecular flexibility index (Phi) is 4.58. The molecule has 2 aromatic carbocycles. The van der Waals surface area contributed by atoms with Crippen molar-refractivity contribution in [1.29, 1.82) is 0 Å². The molecule has 0 saturated heterocycles. The zero-order valence-corrected chi connectivity index (χ0v) is 12.4. The molecule has 0 spiro atoms. The Morgan fingerprint density at radius 1 is 0.952 bits per heavy atom. The van der Waals surface area contributed by atoms with Crippen LogP contribution in [0.15, 0.2) is 30.3 Å². The molecule has 0 aromatic heterocycles. The van der Waals surface area contributed by atoms with Gasteiger partial charge in [0, 0.05) is 18.2 Å². The maximum absolute atomic E-state index is 13.1. The molecule has 0 aliphatic rings. The Hall–Kier alpha value is -1.94. The maximum Gasteiger partial charge on any atom is 0.129 e. The summed E-state index contributed by atoms with van der Waals surface area (Å²) >= 11 is 0. The number of nitrogens with two attached hydrogens (primary N) is 1. The average Bonchev–Trinajstić information content (AvgIpc) is 2.34. The predicted molar refractivity (Wildman–Crippen MR) is 79.4 cm³/mol. The van der Waals surface area contributed by atoms with Gasteiger partial charge in [0.2, 0.25) is 0 Å². The first-order valence-electron chi connectivity index (χ1n) is 6.79. The van der Waals surface area contributed by atoms with Crippen LogP contribution in [0.25, 0.3) is 0 Å². The lowest BCUT2D eigenvalue weighted by atomic mass is 9.95. The van der Waals surface area contributed by atoms with Crippen LogP contribution in [-0.2, 0) is 0 Å². The molecule has 2 N–H and O–H groups in total. The molecule has 2 rings (SSSR count). The summed E-state index contributed by atoms with van der Waals surface area (Å²) in [5, 5.41) is 0. The van der Waals surface area contributed by atoms with Crippen LogP contribution in [0.5, 0.6) is 5.75 Å². The molecule has 0 saturated carbocycles. The van der Waals surface area contributed by atoms with E-state index < -0.39 is 11.6 Å². The van der Waals surface area contributed by atoms with Gasteiger partial charge in [-0.3, -0.25) is 0 Å². The van der Waals surface area contributed by atoms with Gasteiger partial charge in [-0.1, -0.05) is 17.7 Å². The Morgan fingerprint density at radius 2 is 1.48 bits per heavy atom. The van der Waals surface area contributed by atoms with Crippen LogP contribution in [0.3, 0.4) is 0 Å². The van der Waals surface area contributed by atoms with Crippen molar-refractivity contribution in [2.75, 3.05) is 6.61 Å². The molecule has 0 bridgehead atoms. The number of hydrogen-bond acceptors (Lipinski definition) is 2. The molecule has 2 aromatic rings. The highest BCUT2D eigenvalue weighted by Gasteiger charge is 2.14. The number of aryl methyl sites for hydroxylation is 3. The first-order valence-corrected chi connectivity index (χ1v) is 6.79. The van der Waals surface area contributed by atoms with Crippen molar-refractivity contribution in [1.82, 2.24) is 0 Å². The van der Waals surface area contributed by atoms with Gasteiger partial charge < -0.3 is 10.5 Å². The third-order valence-corrected chi connectivity index (χ3v) is 3.37. The Bertz CT molecular complexity index is 612. The van der Waals surface area contributed by atoms with Crippen LogP contribution < -0.4 is 10.5 Å². The fourth-order valence-electron chi connectivity index (χ4n) is 2.66. The number of halogens is 2. The Balaban J connectivity index is 2.13. The average molecular weight is 291 g/mol. The topological polar surface area (TPSA) is 35.2 Å². The van der Waals surface area contributed by atoms with Crippen molar-refractivity contribution in [2.24, 2.45) is 5.73 Å². The van der Waals surface area contributed by atoms with Crippen LogP contribution in [0.2, 0.25) is 0 Å². The molecule has 0 heterocycles. The van der Waals surface area contributed by atoms with Crippen LogP contribution in [0.4, 0.5) is 8.78 Å². The molecule has 0 aliphatic heterocycles. The number of benzene rings is 2. The van der Waals surface area contributed by atoms with Crippen molar-refractivity contribution in [3.8, 4) is 5.75 Å². The van der Waals surface area contributed by atoms with E-state index in [4.69, 9.17) is 10.5 Å². The van der Waals surface area contributed by atoms with Gasteiger partial charge in [0.25, 0.3) is 0 Å². The van der Waals surface area contributed by atoms with Gasteiger partial charge in [-0.15, -0.1) is 0 Å². The number of ether oxygens (including phenoxy) is 1. The maximum atomic E-state index is 13.1. The monoisotopic (exact) mass is 291 g/mol. The summed E-state index contributed by atoms with van der Waals surface area (Å²) in [7, 11) is 0. The summed E-state index contributed by atoms with van der Waals surface area (Å²) < 4.78 is 31.6. The molecule has 0 radical (unpaired) electrons. The molecular formula is C17H19F2NO. The minimum absolute atomic E-state index is 0.144. The summed E-state index contributed by atoms with van der Waals surface area (Å²) in [4.78, 5) is 0. The highest BCUT2D eigenvalue weighted by molar-refractivity contribution is 5.39. The smallest absolute Gasteiger partial charge is 0.129 e. The zero-order chi connectivity index (χ0) is 15.6. The predicted octanol–water partition coefficient (Wildman–Crippen LogP) is 3.97. The highest BCUT2D eigenvalue weighted by atomic mass is 19.1. The van der Waals surface area contributed by atoms with E-state index in [2.05, 4.69) is 12.1 Å². The first kappa shape index (κ1) is 15.4. The standard InChI is InChI=1S/C17H19F2NO/c1-10-4-11(2)17(12(3)5-10)16(20)9-21-15-7-13(18)6-14(19)8-15/h4-8,16H,9,20H2,1-3H3. The molecule has 0 amide bonds. The molecule has 4 heteroatoms. The summed E-state index contributed by atoms with van der Waals surface area (Å²) in [6.07, 6.45) is 0. The summed E-state index contributed by atoms with van der Waals surface area (Å²) in [5.41, 5.74) is 10.5. The van der Waals surface area contributed by atoms with Gasteiger partial charge in [-0.05, 0) is 37.5 Å². The fraction of sp³-hybridized carbons (Fsp3) is 0.294. The highest BCUT2D eigenvalue weighted by Crippen LogP contribution is 2.23. The molecule has 21 heavy (non-hydrogen) atoms. The van der Waals surface area contributed by atoms with Crippen LogP contribution in [-0.4, -0.2) is 6.61 Å². The minimum atomic E-state index is -0.665. The molecular weight excluding hydrogens is 272 g/mol. The van der Waals surface area contributed by atoms with Crippen molar-refractivity contribution in [3.63, 3.8) is 0 Å². The van der Waals surface area contributed by atoms with Gasteiger partial charge >= 0.3 is 0 Å². The van der Waals surface area contributed by atoms with Crippen molar-refractivity contribution in [2.45, 2.75) is 26.8 Å². The second kappa shape index (κ2) is 6.22. The van der Waals surface area contributed by atoms with Crippen molar-refractivity contribution in [3.05, 3.63) is 64.2 Å². The molecule has 1 atom stereocenters. The molecule has 0 aliphatic carbocycles. The lowest BCUT2D eigenvalue weighted by Gasteiger charge is -2.19. The second-order valence-electron chi connectivity index (χ2n) is 5.34. The summed E-state index contributed by atoms with van der Waals surface area (Å²) in [6.45, 7) is 6.18. The third kappa shape index (κ3) is 3.79. The summed E-state index contributed by atoms with van der Waals surface area (Å²) in [5.74, 6) is -1.19. The number of hydrogen-bond donors (Lipinski definition) is 1. The van der Waals surface area contributed by atoms with Crippen molar-refractivity contribution >= 4 is 0 Å². The zero-order valence-electron chi connectivity index (χ0n) is 12.4. The SMILES string of the molecule is Cc1cc(C)c(C(N)COc2cc(F)cc(F)c2)c(C)c1. The molecule has 0 fully saturated rings. The van der Waals surface area contributed by atoms with Gasteiger partial charge in [0.05, 0.1) is 6.04 Å². The molecule has 1 unspecified atom stereocenters. The largest absolute Gasteiger partial charge is 0.491 e. The molecule has 2 nitrogen and oxygen atoms in total. The van der Waals surface area contributed by atoms with Gasteiger partial charge in [-0.2, -0.15) is 0 Å². The van der Waals surface area contributed by atoms with E-state index >= 15 is 0 Å². The minimum Gasteiger partial charge on any atom is -0.491 e. The van der Waals surface area contributed by atoms with Gasteiger partial charge in [-0.25, -0.2) is 8.78 Å². The van der Waals surface area contributed by atoms with Crippen LogP contribution in [0, 0.1) is 32.4 Å². The lowest BCUT2D eigenvalue weighted by molar-refractivity contribution is 0.287. The van der Waals surface area contributed by atoms with Gasteiger partial charge in [0.1, 0.15) is 24.0 Å². The fourth-order valence-corrected chi connectivity index (χ4v) is 2.66. The van der Waals surface area contributed by atoms with E-state index in [0.717, 1.165) is 34.9 Å². The summed E-state index contributed by atoms with van der Waals surface area (Å²) in [6, 6.07) is 6.86. The molecule has 112 valence electrons. The lowest BCUT2D eigenvalue weighted by Crippen LogP contribution is -2.21. The van der Waals surface area contributed by atoms with Crippen LogP contribution in [0.1, 0.15) is 28.3 Å². The Morgan fingerprint density at radius 3 is 2.00 bits per heavy atom. The first-order chi connectivity index (χ1) is 9.86. The van der Waals surface area contributed by atoms with Crippen LogP contribution >= 0.6 is 0 Å². The quantitative estimate of drug-likeness (QED) is 0.925. The number of rotatable bonds is 4. The van der Waals surface area contributed by atoms with E-state index in [-0.39, 0.29) is 18.4 Å². The third-order valence-electron chi connectivity index (χ3n) is 3.37. The van der Waals surface area contributed by atoms with E-state index in [1.54, 1.807) is 0 Å². The second-order valence-corrected chi connectivity index (χ2v) is 5.34. The van der Waals surface area contributed by atoms with E-state index in [0.29, 0.717) is 0 Å². The van der Waals surface area contributed by atoms with E-state index in [1.165, 1.54) is 5.56 Å². The van der Waals surface area contributed by atoms with Gasteiger partial charge in [0.15, 0.2) is 0 Å². The Labute approximate surface area is 123 Å². The van der Waals surface area contributed by atoms with Crippen molar-refractivity contribution < 1.29 is 13.5 Å². The van der Waals surface area contributed by atoms with E-state index in [1.807, 2.05) is 20.8 Å².